The lowest BCUT2D eigenvalue weighted by Gasteiger charge is -2.23. The van der Waals surface area contributed by atoms with Gasteiger partial charge in [0, 0.05) is 19.6 Å². The minimum atomic E-state index is -3.11. The van der Waals surface area contributed by atoms with Crippen molar-refractivity contribution in [1.29, 1.82) is 0 Å². The van der Waals surface area contributed by atoms with Crippen LogP contribution in [-0.2, 0) is 10.0 Å². The Hall–Kier alpha value is -0.130. The van der Waals surface area contributed by atoms with Crippen molar-refractivity contribution in [3.63, 3.8) is 0 Å². The molecule has 0 aromatic carbocycles. The quantitative estimate of drug-likeness (QED) is 0.717. The third-order valence-electron chi connectivity index (χ3n) is 2.35. The van der Waals surface area contributed by atoms with Crippen LogP contribution in [0.1, 0.15) is 27.2 Å². The monoisotopic (exact) mass is 222 g/mol. The van der Waals surface area contributed by atoms with Crippen LogP contribution in [0.3, 0.4) is 0 Å². The van der Waals surface area contributed by atoms with Gasteiger partial charge in [-0.2, -0.15) is 0 Å². The molecule has 0 heterocycles. The molecule has 86 valence electrons. The van der Waals surface area contributed by atoms with Crippen molar-refractivity contribution in [3.05, 3.63) is 0 Å². The maximum atomic E-state index is 11.7. The Morgan fingerprint density at radius 1 is 1.29 bits per heavy atom. The van der Waals surface area contributed by atoms with Crippen LogP contribution in [0.25, 0.3) is 0 Å². The highest BCUT2D eigenvalue weighted by molar-refractivity contribution is 7.89. The van der Waals surface area contributed by atoms with Gasteiger partial charge in [0.25, 0.3) is 0 Å². The summed E-state index contributed by atoms with van der Waals surface area (Å²) in [5.74, 6) is 0.622. The van der Waals surface area contributed by atoms with Gasteiger partial charge in [-0.05, 0) is 19.3 Å². The lowest BCUT2D eigenvalue weighted by molar-refractivity contribution is 0.392. The summed E-state index contributed by atoms with van der Waals surface area (Å²) in [4.78, 5) is 0. The summed E-state index contributed by atoms with van der Waals surface area (Å²) in [5, 5.41) is 0. The first kappa shape index (κ1) is 13.9. The van der Waals surface area contributed by atoms with Crippen LogP contribution >= 0.6 is 0 Å². The van der Waals surface area contributed by atoms with Gasteiger partial charge in [-0.15, -0.1) is 0 Å². The Bertz CT molecular complexity index is 250. The number of rotatable bonds is 6. The van der Waals surface area contributed by atoms with Gasteiger partial charge in [0.1, 0.15) is 0 Å². The fourth-order valence-electron chi connectivity index (χ4n) is 0.951. The standard InChI is InChI=1S/C9H22N2O2S/c1-8(2)5-6-14(12,13)11(4)9(3)7-10/h8-9H,5-7,10H2,1-4H3. The number of hydrogen-bond donors (Lipinski definition) is 1. The summed E-state index contributed by atoms with van der Waals surface area (Å²) in [6.07, 6.45) is 0.698. The van der Waals surface area contributed by atoms with E-state index in [0.717, 1.165) is 0 Å². The van der Waals surface area contributed by atoms with Crippen LogP contribution in [0.4, 0.5) is 0 Å². The molecule has 4 nitrogen and oxygen atoms in total. The summed E-state index contributed by atoms with van der Waals surface area (Å²) in [7, 11) is -1.52. The number of hydrogen-bond acceptors (Lipinski definition) is 3. The molecule has 0 bridgehead atoms. The van der Waals surface area contributed by atoms with Crippen molar-refractivity contribution in [1.82, 2.24) is 4.31 Å². The fraction of sp³-hybridized carbons (Fsp3) is 1.00. The molecule has 0 saturated carbocycles. The zero-order valence-electron chi connectivity index (χ0n) is 9.53. The lowest BCUT2D eigenvalue weighted by Crippen LogP contribution is -2.41. The molecule has 1 atom stereocenters. The maximum absolute atomic E-state index is 11.7. The predicted octanol–water partition coefficient (Wildman–Crippen LogP) is 0.641. The summed E-state index contributed by atoms with van der Waals surface area (Å²) >= 11 is 0. The first-order valence-electron chi connectivity index (χ1n) is 4.97. The molecule has 0 aliphatic heterocycles. The molecular formula is C9H22N2O2S. The molecule has 0 aromatic rings. The van der Waals surface area contributed by atoms with E-state index < -0.39 is 10.0 Å². The second-order valence-electron chi connectivity index (χ2n) is 4.10. The third-order valence-corrected chi connectivity index (χ3v) is 4.34. The van der Waals surface area contributed by atoms with E-state index in [4.69, 9.17) is 5.73 Å². The van der Waals surface area contributed by atoms with E-state index >= 15 is 0 Å². The average molecular weight is 222 g/mol. The maximum Gasteiger partial charge on any atom is 0.214 e. The zero-order valence-corrected chi connectivity index (χ0v) is 10.3. The van der Waals surface area contributed by atoms with Crippen LogP contribution in [0, 0.1) is 5.92 Å². The number of nitrogens with two attached hydrogens (primary N) is 1. The van der Waals surface area contributed by atoms with Gasteiger partial charge in [0.15, 0.2) is 0 Å². The molecule has 0 amide bonds. The minimum absolute atomic E-state index is 0.118. The van der Waals surface area contributed by atoms with E-state index in [1.165, 1.54) is 4.31 Å². The Morgan fingerprint density at radius 2 is 1.79 bits per heavy atom. The number of sulfonamides is 1. The molecule has 0 rings (SSSR count). The zero-order chi connectivity index (χ0) is 11.4. The molecule has 0 aliphatic carbocycles. The van der Waals surface area contributed by atoms with Gasteiger partial charge in [-0.3, -0.25) is 0 Å². The number of nitrogens with zero attached hydrogens (tertiary/aromatic N) is 1. The Labute approximate surface area is 87.5 Å². The van der Waals surface area contributed by atoms with E-state index in [1.54, 1.807) is 7.05 Å². The highest BCUT2D eigenvalue weighted by Gasteiger charge is 2.21. The molecule has 0 fully saturated rings. The van der Waals surface area contributed by atoms with Crippen molar-refractivity contribution in [2.75, 3.05) is 19.3 Å². The van der Waals surface area contributed by atoms with Crippen molar-refractivity contribution in [2.45, 2.75) is 33.2 Å². The molecule has 1 unspecified atom stereocenters. The summed E-state index contributed by atoms with van der Waals surface area (Å²) < 4.78 is 24.8. The molecule has 2 N–H and O–H groups in total. The molecule has 0 spiro atoms. The van der Waals surface area contributed by atoms with Gasteiger partial charge in [-0.25, -0.2) is 12.7 Å². The van der Waals surface area contributed by atoms with Gasteiger partial charge in [0.2, 0.25) is 10.0 Å². The normalized spacial score (nSPS) is 15.1. The van der Waals surface area contributed by atoms with Crippen LogP contribution in [-0.4, -0.2) is 38.1 Å². The van der Waals surface area contributed by atoms with E-state index in [-0.39, 0.29) is 11.8 Å². The Balaban J connectivity index is 4.32. The van der Waals surface area contributed by atoms with Crippen molar-refractivity contribution in [2.24, 2.45) is 11.7 Å². The highest BCUT2D eigenvalue weighted by Crippen LogP contribution is 2.08. The van der Waals surface area contributed by atoms with E-state index in [1.807, 2.05) is 20.8 Å². The molecular weight excluding hydrogens is 200 g/mol. The van der Waals surface area contributed by atoms with Gasteiger partial charge in [0.05, 0.1) is 5.75 Å². The Kier molecular flexibility index (Phi) is 5.63. The van der Waals surface area contributed by atoms with Gasteiger partial charge >= 0.3 is 0 Å². The highest BCUT2D eigenvalue weighted by atomic mass is 32.2. The smallest absolute Gasteiger partial charge is 0.214 e. The SMILES string of the molecule is CC(C)CCS(=O)(=O)N(C)C(C)CN. The average Bonchev–Trinajstić information content (AvgIpc) is 2.12. The van der Waals surface area contributed by atoms with Crippen molar-refractivity contribution < 1.29 is 8.42 Å². The van der Waals surface area contributed by atoms with Crippen molar-refractivity contribution in [3.8, 4) is 0 Å². The Morgan fingerprint density at radius 3 is 2.14 bits per heavy atom. The fourth-order valence-corrected chi connectivity index (χ4v) is 2.64. The van der Waals surface area contributed by atoms with Gasteiger partial charge < -0.3 is 5.73 Å². The largest absolute Gasteiger partial charge is 0.329 e. The van der Waals surface area contributed by atoms with Crippen LogP contribution in [0.2, 0.25) is 0 Å². The van der Waals surface area contributed by atoms with Crippen LogP contribution in [0.15, 0.2) is 0 Å². The van der Waals surface area contributed by atoms with Crippen molar-refractivity contribution >= 4 is 10.0 Å². The number of likely N-dealkylation sites (N-methyl/N-ethyl adjacent to an activating group) is 1. The lowest BCUT2D eigenvalue weighted by atomic mass is 10.2. The van der Waals surface area contributed by atoms with Crippen LogP contribution < -0.4 is 5.73 Å². The summed E-state index contributed by atoms with van der Waals surface area (Å²) in [6.45, 7) is 6.20. The van der Waals surface area contributed by atoms with E-state index in [0.29, 0.717) is 18.9 Å². The third kappa shape index (κ3) is 4.39. The predicted molar refractivity (Wildman–Crippen MR) is 59.5 cm³/mol. The second-order valence-corrected chi connectivity index (χ2v) is 6.25. The van der Waals surface area contributed by atoms with Gasteiger partial charge in [-0.1, -0.05) is 13.8 Å². The molecule has 0 aromatic heterocycles. The van der Waals surface area contributed by atoms with Crippen LogP contribution in [0.5, 0.6) is 0 Å². The molecule has 14 heavy (non-hydrogen) atoms. The first-order chi connectivity index (χ1) is 6.31. The molecule has 0 radical (unpaired) electrons. The summed E-state index contributed by atoms with van der Waals surface area (Å²) in [6, 6.07) is -0.118. The molecule has 0 saturated heterocycles. The van der Waals surface area contributed by atoms with E-state index in [9.17, 15) is 8.42 Å². The molecule has 5 heteroatoms. The van der Waals surface area contributed by atoms with E-state index in [2.05, 4.69) is 0 Å². The minimum Gasteiger partial charge on any atom is -0.329 e. The molecule has 0 aliphatic rings. The second kappa shape index (κ2) is 5.68. The topological polar surface area (TPSA) is 63.4 Å². The first-order valence-corrected chi connectivity index (χ1v) is 6.58. The summed E-state index contributed by atoms with van der Waals surface area (Å²) in [5.41, 5.74) is 5.42.